The monoisotopic (exact) mass is 202 g/mol. The molecule has 2 N–H and O–H groups in total. The number of hydrogen-bond donors (Lipinski definition) is 2. The number of carboxylic acid groups (broad SMARTS) is 2. The van der Waals surface area contributed by atoms with E-state index in [1.807, 2.05) is 0 Å². The molecule has 0 saturated carbocycles. The van der Waals surface area contributed by atoms with Crippen molar-refractivity contribution >= 4 is 47.7 Å². The Kier molecular flexibility index (Phi) is 8.87. The van der Waals surface area contributed by atoms with Crippen molar-refractivity contribution in [2.24, 2.45) is 0 Å². The third-order valence-corrected chi connectivity index (χ3v) is 0.627. The van der Waals surface area contributed by atoms with Crippen LogP contribution in [0.2, 0.25) is 0 Å². The number of ether oxygens (including phenoxy) is 2. The van der Waals surface area contributed by atoms with Crippen LogP contribution in [0.15, 0.2) is 0 Å². The van der Waals surface area contributed by atoms with Crippen LogP contribution in [0.4, 0.5) is 4.79 Å². The van der Waals surface area contributed by atoms with Gasteiger partial charge in [0.05, 0.1) is 0 Å². The second kappa shape index (κ2) is 7.84. The molecule has 0 atom stereocenters. The van der Waals surface area contributed by atoms with Gasteiger partial charge in [0.2, 0.25) is 0 Å². The van der Waals surface area contributed by atoms with Gasteiger partial charge in [-0.25, -0.2) is 14.4 Å². The number of carboxylic acids is 2. The van der Waals surface area contributed by atoms with E-state index in [1.54, 1.807) is 0 Å². The van der Waals surface area contributed by atoms with E-state index in [-0.39, 0.29) is 29.6 Å². The topological polar surface area (TPSA) is 110 Å². The molecule has 0 aromatic rings. The third kappa shape index (κ3) is 11.2. The molecule has 13 heavy (non-hydrogen) atoms. The van der Waals surface area contributed by atoms with Crippen molar-refractivity contribution in [2.75, 3.05) is 13.2 Å². The molecule has 0 aliphatic carbocycles. The minimum atomic E-state index is -1.35. The fourth-order valence-corrected chi connectivity index (χ4v) is 0.283. The van der Waals surface area contributed by atoms with Crippen molar-refractivity contribution in [3.05, 3.63) is 0 Å². The molecule has 0 aliphatic rings. The summed E-state index contributed by atoms with van der Waals surface area (Å²) in [6.07, 6.45) is -1.32. The molecule has 0 rings (SSSR count). The van der Waals surface area contributed by atoms with E-state index in [4.69, 9.17) is 10.2 Å². The Morgan fingerprint density at radius 1 is 0.923 bits per heavy atom. The molecule has 0 spiro atoms. The first kappa shape index (κ1) is 14.7. The predicted molar refractivity (Wildman–Crippen MR) is 39.7 cm³/mol. The molecule has 0 heterocycles. The number of rotatable bonds is 4. The average molecular weight is 202 g/mol. The van der Waals surface area contributed by atoms with Crippen molar-refractivity contribution < 1.29 is 34.1 Å². The molecular formula is C5H7NaO7. The molecule has 0 fully saturated rings. The normalized spacial score (nSPS) is 8.00. The molecule has 0 bridgehead atoms. The maximum absolute atomic E-state index is 10.3. The number of hydrogen-bond acceptors (Lipinski definition) is 5. The van der Waals surface area contributed by atoms with Gasteiger partial charge in [0.1, 0.15) is 0 Å². The Balaban J connectivity index is 0. The Hall–Kier alpha value is -0.790. The summed E-state index contributed by atoms with van der Waals surface area (Å²) in [5.41, 5.74) is 0. The second-order valence-electron chi connectivity index (χ2n) is 1.61. The van der Waals surface area contributed by atoms with Crippen LogP contribution in [0.3, 0.4) is 0 Å². The van der Waals surface area contributed by atoms with Gasteiger partial charge in [0.15, 0.2) is 13.2 Å². The Morgan fingerprint density at radius 2 is 1.23 bits per heavy atom. The average Bonchev–Trinajstić information content (AvgIpc) is 1.96. The van der Waals surface area contributed by atoms with Gasteiger partial charge < -0.3 is 19.7 Å². The maximum atomic E-state index is 10.3. The summed E-state index contributed by atoms with van der Waals surface area (Å²) in [6.45, 7) is -1.70. The molecule has 0 unspecified atom stereocenters. The summed E-state index contributed by atoms with van der Waals surface area (Å²) in [6, 6.07) is 0. The molecule has 0 aromatic carbocycles. The summed E-state index contributed by atoms with van der Waals surface area (Å²) in [4.78, 5) is 29.9. The van der Waals surface area contributed by atoms with E-state index in [1.165, 1.54) is 0 Å². The predicted octanol–water partition coefficient (Wildman–Crippen LogP) is -1.34. The summed E-state index contributed by atoms with van der Waals surface area (Å²) in [5, 5.41) is 16.0. The van der Waals surface area contributed by atoms with Crippen molar-refractivity contribution in [3.63, 3.8) is 0 Å². The SMILES string of the molecule is O=C(O)COC(=O)OCC(=O)O.[NaH]. The quantitative estimate of drug-likeness (QED) is 0.428. The van der Waals surface area contributed by atoms with Crippen LogP contribution in [-0.2, 0) is 19.1 Å². The number of carbonyl (C=O) groups excluding carboxylic acids is 1. The summed E-state index contributed by atoms with van der Waals surface area (Å²) in [7, 11) is 0. The van der Waals surface area contributed by atoms with E-state index in [0.717, 1.165) is 0 Å². The van der Waals surface area contributed by atoms with E-state index in [9.17, 15) is 14.4 Å². The van der Waals surface area contributed by atoms with Crippen LogP contribution in [0.1, 0.15) is 0 Å². The first-order valence-corrected chi connectivity index (χ1v) is 2.75. The van der Waals surface area contributed by atoms with E-state index in [2.05, 4.69) is 9.47 Å². The zero-order valence-corrected chi connectivity index (χ0v) is 5.85. The van der Waals surface area contributed by atoms with Gasteiger partial charge in [-0.1, -0.05) is 0 Å². The minimum absolute atomic E-state index is 0. The molecule has 8 heteroatoms. The first-order chi connectivity index (χ1) is 5.52. The summed E-state index contributed by atoms with van der Waals surface area (Å²) in [5.74, 6) is -2.69. The van der Waals surface area contributed by atoms with Gasteiger partial charge in [0.25, 0.3) is 0 Å². The second-order valence-corrected chi connectivity index (χ2v) is 1.61. The summed E-state index contributed by atoms with van der Waals surface area (Å²) < 4.78 is 7.86. The molecule has 0 saturated heterocycles. The molecule has 0 amide bonds. The van der Waals surface area contributed by atoms with Crippen molar-refractivity contribution in [3.8, 4) is 0 Å². The zero-order chi connectivity index (χ0) is 9.56. The van der Waals surface area contributed by atoms with Crippen LogP contribution in [0.5, 0.6) is 0 Å². The van der Waals surface area contributed by atoms with Crippen LogP contribution < -0.4 is 0 Å². The van der Waals surface area contributed by atoms with E-state index < -0.39 is 31.3 Å². The van der Waals surface area contributed by atoms with Crippen LogP contribution >= 0.6 is 0 Å². The van der Waals surface area contributed by atoms with Crippen LogP contribution in [0.25, 0.3) is 0 Å². The molecule has 7 nitrogen and oxygen atoms in total. The summed E-state index contributed by atoms with van der Waals surface area (Å²) >= 11 is 0. The molecule has 0 aromatic heterocycles. The first-order valence-electron chi connectivity index (χ1n) is 2.75. The third-order valence-electron chi connectivity index (χ3n) is 0.627. The van der Waals surface area contributed by atoms with Crippen LogP contribution in [0, 0.1) is 0 Å². The van der Waals surface area contributed by atoms with Crippen molar-refractivity contribution in [2.45, 2.75) is 0 Å². The number of aliphatic carboxylic acids is 2. The van der Waals surface area contributed by atoms with Gasteiger partial charge in [-0.2, -0.15) is 0 Å². The number of carbonyl (C=O) groups is 3. The van der Waals surface area contributed by atoms with Crippen molar-refractivity contribution in [1.82, 2.24) is 0 Å². The van der Waals surface area contributed by atoms with Crippen LogP contribution in [-0.4, -0.2) is 71.1 Å². The zero-order valence-electron chi connectivity index (χ0n) is 5.85. The van der Waals surface area contributed by atoms with Crippen molar-refractivity contribution in [1.29, 1.82) is 0 Å². The molecule has 0 aliphatic heterocycles. The fourth-order valence-electron chi connectivity index (χ4n) is 0.283. The van der Waals surface area contributed by atoms with E-state index in [0.29, 0.717) is 0 Å². The van der Waals surface area contributed by atoms with Gasteiger partial charge in [-0.05, 0) is 0 Å². The van der Waals surface area contributed by atoms with Gasteiger partial charge in [-0.15, -0.1) is 0 Å². The Bertz CT molecular complexity index is 181. The molecule has 70 valence electrons. The standard InChI is InChI=1S/C5H6O7.Na.H/c6-3(7)1-11-5(10)12-2-4(8)9;;/h1-2H2,(H,6,7)(H,8,9);;. The van der Waals surface area contributed by atoms with Gasteiger partial charge in [0, 0.05) is 0 Å². The molecular weight excluding hydrogens is 195 g/mol. The Morgan fingerprint density at radius 3 is 1.46 bits per heavy atom. The van der Waals surface area contributed by atoms with Gasteiger partial charge >= 0.3 is 47.7 Å². The molecule has 0 radical (unpaired) electrons. The Labute approximate surface area is 94.9 Å². The van der Waals surface area contributed by atoms with Gasteiger partial charge in [-0.3, -0.25) is 0 Å². The van der Waals surface area contributed by atoms with E-state index >= 15 is 0 Å². The fraction of sp³-hybridized carbons (Fsp3) is 0.400.